The van der Waals surface area contributed by atoms with E-state index < -0.39 is 0 Å². The molecule has 0 aromatic carbocycles. The second kappa shape index (κ2) is 4.29. The molecule has 0 aliphatic heterocycles. The van der Waals surface area contributed by atoms with Crippen molar-refractivity contribution in [3.63, 3.8) is 0 Å². The Morgan fingerprint density at radius 1 is 1.64 bits per heavy atom. The molecule has 0 unspecified atom stereocenters. The van der Waals surface area contributed by atoms with Crippen molar-refractivity contribution in [2.24, 2.45) is 0 Å². The Morgan fingerprint density at radius 3 is 2.71 bits per heavy atom. The molecule has 1 aromatic rings. The summed E-state index contributed by atoms with van der Waals surface area (Å²) in [4.78, 5) is 11.0. The number of nitrogens with one attached hydrogen (secondary N) is 1. The van der Waals surface area contributed by atoms with E-state index in [0.717, 1.165) is 5.76 Å². The van der Waals surface area contributed by atoms with E-state index in [0.29, 0.717) is 10.2 Å². The molecule has 0 saturated heterocycles. The summed E-state index contributed by atoms with van der Waals surface area (Å²) in [5.74, 6) is 1.18. The lowest BCUT2D eigenvalue weighted by atomic mass is 9.93. The molecule has 0 aliphatic rings. The highest BCUT2D eigenvalue weighted by molar-refractivity contribution is 14.1. The van der Waals surface area contributed by atoms with E-state index in [4.69, 9.17) is 4.52 Å². The zero-order valence-electron chi connectivity index (χ0n) is 8.43. The second-order valence-electron chi connectivity index (χ2n) is 4.01. The largest absolute Gasteiger partial charge is 0.359 e. The van der Waals surface area contributed by atoms with Crippen molar-refractivity contribution in [1.29, 1.82) is 0 Å². The summed E-state index contributed by atoms with van der Waals surface area (Å²) >= 11 is 1.99. The SMILES string of the molecule is CC(C)(C)c1cc(NC(=O)CI)no1. The van der Waals surface area contributed by atoms with Crippen LogP contribution in [0.15, 0.2) is 10.6 Å². The van der Waals surface area contributed by atoms with E-state index in [1.54, 1.807) is 6.07 Å². The van der Waals surface area contributed by atoms with Crippen molar-refractivity contribution in [3.8, 4) is 0 Å². The van der Waals surface area contributed by atoms with Crippen LogP contribution in [0.4, 0.5) is 5.82 Å². The lowest BCUT2D eigenvalue weighted by Crippen LogP contribution is -2.12. The summed E-state index contributed by atoms with van der Waals surface area (Å²) in [6.07, 6.45) is 0. The van der Waals surface area contributed by atoms with Crippen LogP contribution in [-0.4, -0.2) is 15.5 Å². The van der Waals surface area contributed by atoms with Crippen molar-refractivity contribution in [3.05, 3.63) is 11.8 Å². The van der Waals surface area contributed by atoms with Gasteiger partial charge in [-0.3, -0.25) is 4.79 Å². The third-order valence-electron chi connectivity index (χ3n) is 1.64. The summed E-state index contributed by atoms with van der Waals surface area (Å²) in [6, 6.07) is 1.75. The van der Waals surface area contributed by atoms with Gasteiger partial charge in [0.1, 0.15) is 5.76 Å². The van der Waals surface area contributed by atoms with Gasteiger partial charge in [0.15, 0.2) is 5.82 Å². The van der Waals surface area contributed by atoms with Gasteiger partial charge >= 0.3 is 0 Å². The monoisotopic (exact) mass is 308 g/mol. The van der Waals surface area contributed by atoms with Crippen LogP contribution in [-0.2, 0) is 10.2 Å². The normalized spacial score (nSPS) is 11.4. The summed E-state index contributed by atoms with van der Waals surface area (Å²) < 4.78 is 5.52. The number of hydrogen-bond donors (Lipinski definition) is 1. The fourth-order valence-corrected chi connectivity index (χ4v) is 1.05. The molecule has 0 aliphatic carbocycles. The van der Waals surface area contributed by atoms with E-state index in [9.17, 15) is 4.79 Å². The number of alkyl halides is 1. The van der Waals surface area contributed by atoms with Crippen LogP contribution in [0, 0.1) is 0 Å². The zero-order valence-corrected chi connectivity index (χ0v) is 10.6. The third kappa shape index (κ3) is 2.97. The van der Waals surface area contributed by atoms with Crippen molar-refractivity contribution in [2.75, 3.05) is 9.74 Å². The minimum atomic E-state index is -0.0830. The maximum atomic E-state index is 11.0. The fraction of sp³-hybridized carbons (Fsp3) is 0.556. The highest BCUT2D eigenvalue weighted by atomic mass is 127. The Hall–Kier alpha value is -0.590. The molecule has 0 saturated carbocycles. The number of carbonyl (C=O) groups excluding carboxylic acids is 1. The van der Waals surface area contributed by atoms with Crippen molar-refractivity contribution in [2.45, 2.75) is 26.2 Å². The lowest BCUT2D eigenvalue weighted by Gasteiger charge is -2.11. The molecular formula is C9H13IN2O2. The topological polar surface area (TPSA) is 55.1 Å². The van der Waals surface area contributed by atoms with Crippen LogP contribution in [0.25, 0.3) is 0 Å². The zero-order chi connectivity index (χ0) is 10.8. The first kappa shape index (κ1) is 11.5. The Bertz CT molecular complexity index is 328. The van der Waals surface area contributed by atoms with E-state index in [1.807, 2.05) is 43.4 Å². The molecular weight excluding hydrogens is 295 g/mol. The van der Waals surface area contributed by atoms with Gasteiger partial charge in [0, 0.05) is 11.5 Å². The summed E-state index contributed by atoms with van der Waals surface area (Å²) in [5, 5.41) is 6.39. The molecule has 14 heavy (non-hydrogen) atoms. The maximum absolute atomic E-state index is 11.0. The molecule has 4 nitrogen and oxygen atoms in total. The Morgan fingerprint density at radius 2 is 2.29 bits per heavy atom. The fourth-order valence-electron chi connectivity index (χ4n) is 0.864. The van der Waals surface area contributed by atoms with Gasteiger partial charge < -0.3 is 9.84 Å². The lowest BCUT2D eigenvalue weighted by molar-refractivity contribution is -0.113. The van der Waals surface area contributed by atoms with Gasteiger partial charge in [0.25, 0.3) is 0 Å². The molecule has 0 radical (unpaired) electrons. The predicted octanol–water partition coefficient (Wildman–Crippen LogP) is 2.35. The molecule has 1 N–H and O–H groups in total. The standard InChI is InChI=1S/C9H13IN2O2/c1-9(2,3)6-4-7(12-14-6)11-8(13)5-10/h4H,5H2,1-3H3,(H,11,12,13). The summed E-state index contributed by atoms with van der Waals surface area (Å²) in [5.41, 5.74) is -0.0830. The molecule has 1 rings (SSSR count). The number of carbonyl (C=O) groups is 1. The first-order chi connectivity index (χ1) is 6.43. The number of amides is 1. The van der Waals surface area contributed by atoms with E-state index in [-0.39, 0.29) is 11.3 Å². The van der Waals surface area contributed by atoms with Crippen molar-refractivity contribution in [1.82, 2.24) is 5.16 Å². The van der Waals surface area contributed by atoms with Crippen LogP contribution in [0.5, 0.6) is 0 Å². The van der Waals surface area contributed by atoms with Gasteiger partial charge in [-0.2, -0.15) is 0 Å². The molecule has 78 valence electrons. The molecule has 1 heterocycles. The smallest absolute Gasteiger partial charge is 0.235 e. The van der Waals surface area contributed by atoms with Crippen molar-refractivity contribution < 1.29 is 9.32 Å². The highest BCUT2D eigenvalue weighted by Crippen LogP contribution is 2.24. The van der Waals surface area contributed by atoms with Gasteiger partial charge in [-0.15, -0.1) is 0 Å². The minimum Gasteiger partial charge on any atom is -0.359 e. The van der Waals surface area contributed by atoms with Gasteiger partial charge in [-0.25, -0.2) is 0 Å². The number of nitrogens with zero attached hydrogens (tertiary/aromatic N) is 1. The van der Waals surface area contributed by atoms with Crippen LogP contribution in [0.3, 0.4) is 0 Å². The van der Waals surface area contributed by atoms with Crippen LogP contribution in [0.1, 0.15) is 26.5 Å². The highest BCUT2D eigenvalue weighted by Gasteiger charge is 2.19. The Labute approximate surface area is 96.6 Å². The maximum Gasteiger partial charge on any atom is 0.235 e. The molecule has 1 amide bonds. The van der Waals surface area contributed by atoms with Crippen LogP contribution >= 0.6 is 22.6 Å². The molecule has 5 heteroatoms. The quantitative estimate of drug-likeness (QED) is 0.674. The average molecular weight is 308 g/mol. The molecule has 0 spiro atoms. The number of hydrogen-bond acceptors (Lipinski definition) is 3. The predicted molar refractivity (Wildman–Crippen MR) is 62.7 cm³/mol. The van der Waals surface area contributed by atoms with Gasteiger partial charge in [-0.1, -0.05) is 48.5 Å². The molecule has 0 fully saturated rings. The summed E-state index contributed by atoms with van der Waals surface area (Å²) in [6.45, 7) is 6.08. The number of anilines is 1. The second-order valence-corrected chi connectivity index (χ2v) is 4.77. The molecule has 0 bridgehead atoms. The van der Waals surface area contributed by atoms with E-state index in [2.05, 4.69) is 10.5 Å². The number of rotatable bonds is 2. The summed E-state index contributed by atoms with van der Waals surface area (Å²) in [7, 11) is 0. The van der Waals surface area contributed by atoms with Crippen LogP contribution < -0.4 is 5.32 Å². The Kier molecular flexibility index (Phi) is 3.52. The first-order valence-corrected chi connectivity index (χ1v) is 5.79. The number of aromatic nitrogens is 1. The van der Waals surface area contributed by atoms with Gasteiger partial charge in [-0.05, 0) is 0 Å². The number of halogens is 1. The van der Waals surface area contributed by atoms with E-state index >= 15 is 0 Å². The molecule has 0 atom stereocenters. The van der Waals surface area contributed by atoms with Crippen LogP contribution in [0.2, 0.25) is 0 Å². The van der Waals surface area contributed by atoms with E-state index in [1.165, 1.54) is 0 Å². The minimum absolute atomic E-state index is 0.0700. The average Bonchev–Trinajstić information content (AvgIpc) is 2.51. The van der Waals surface area contributed by atoms with Gasteiger partial charge in [0.2, 0.25) is 5.91 Å². The van der Waals surface area contributed by atoms with Crippen molar-refractivity contribution >= 4 is 34.3 Å². The van der Waals surface area contributed by atoms with Gasteiger partial charge in [0.05, 0.1) is 4.43 Å². The Balaban J connectivity index is 2.74. The first-order valence-electron chi connectivity index (χ1n) is 4.26. The molecule has 1 aromatic heterocycles. The third-order valence-corrected chi connectivity index (χ3v) is 2.33.